The molecular formula is C26H31FN6O. The van der Waals surface area contributed by atoms with Crippen molar-refractivity contribution in [3.8, 4) is 11.3 Å². The summed E-state index contributed by atoms with van der Waals surface area (Å²) in [7, 11) is 1.84. The van der Waals surface area contributed by atoms with Crippen molar-refractivity contribution >= 4 is 16.9 Å². The summed E-state index contributed by atoms with van der Waals surface area (Å²) in [6, 6.07) is 10.5. The van der Waals surface area contributed by atoms with Crippen LogP contribution < -0.4 is 0 Å². The highest BCUT2D eigenvalue weighted by atomic mass is 19.1. The van der Waals surface area contributed by atoms with E-state index in [1.54, 1.807) is 17.2 Å². The van der Waals surface area contributed by atoms with E-state index in [2.05, 4.69) is 34.1 Å². The average molecular weight is 463 g/mol. The zero-order chi connectivity index (χ0) is 24.2. The molecule has 4 rings (SSSR count). The van der Waals surface area contributed by atoms with Crippen LogP contribution in [0.3, 0.4) is 0 Å². The highest BCUT2D eigenvalue weighted by Crippen LogP contribution is 2.21. The standard InChI is InChI=1S/C26H31FN6O/c1-17(2)33-25-20(16-28-33)14-23(18(3)29-25)26(34)32(4)12-7-5-6-11-22-15-24(31-30-22)19-9-8-10-21(27)13-19/h8-10,13-17H,5-7,11-12H2,1-4H3,(H,30,31). The molecule has 0 bridgehead atoms. The van der Waals surface area contributed by atoms with Crippen LogP contribution in [0.1, 0.15) is 60.9 Å². The average Bonchev–Trinajstić information content (AvgIpc) is 3.44. The van der Waals surface area contributed by atoms with Gasteiger partial charge in [-0.1, -0.05) is 18.6 Å². The minimum Gasteiger partial charge on any atom is -0.342 e. The number of rotatable bonds is 9. The SMILES string of the molecule is Cc1nc2c(cnn2C(C)C)cc1C(=O)N(C)CCCCCc1cc(-c2cccc(F)c2)n[nH]1. The number of amides is 1. The second kappa shape index (κ2) is 10.2. The number of pyridine rings is 1. The van der Waals surface area contributed by atoms with Crippen LogP contribution >= 0.6 is 0 Å². The van der Waals surface area contributed by atoms with Gasteiger partial charge in [0.2, 0.25) is 0 Å². The number of carbonyl (C=O) groups excluding carboxylic acids is 1. The van der Waals surface area contributed by atoms with Gasteiger partial charge in [-0.25, -0.2) is 14.1 Å². The topological polar surface area (TPSA) is 79.7 Å². The van der Waals surface area contributed by atoms with Gasteiger partial charge >= 0.3 is 0 Å². The summed E-state index contributed by atoms with van der Waals surface area (Å²) in [6.07, 6.45) is 5.51. The zero-order valence-electron chi connectivity index (χ0n) is 20.2. The second-order valence-electron chi connectivity index (χ2n) is 9.04. The van der Waals surface area contributed by atoms with E-state index >= 15 is 0 Å². The molecule has 0 saturated carbocycles. The summed E-state index contributed by atoms with van der Waals surface area (Å²) in [6.45, 7) is 6.68. The molecule has 1 N–H and O–H groups in total. The highest BCUT2D eigenvalue weighted by molar-refractivity contribution is 5.98. The molecule has 3 aromatic heterocycles. The Morgan fingerprint density at radius 3 is 2.76 bits per heavy atom. The molecule has 0 saturated heterocycles. The van der Waals surface area contributed by atoms with Crippen molar-refractivity contribution in [2.75, 3.05) is 13.6 Å². The van der Waals surface area contributed by atoms with Gasteiger partial charge in [-0.2, -0.15) is 10.2 Å². The number of H-pyrrole nitrogens is 1. The number of aryl methyl sites for hydroxylation is 2. The van der Waals surface area contributed by atoms with Crippen LogP contribution in [0.5, 0.6) is 0 Å². The third kappa shape index (κ3) is 5.16. The lowest BCUT2D eigenvalue weighted by molar-refractivity contribution is 0.0791. The van der Waals surface area contributed by atoms with Gasteiger partial charge in [0.15, 0.2) is 5.65 Å². The molecule has 0 spiro atoms. The Labute approximate surface area is 199 Å². The molecule has 1 aromatic carbocycles. The monoisotopic (exact) mass is 462 g/mol. The summed E-state index contributed by atoms with van der Waals surface area (Å²) < 4.78 is 15.3. The van der Waals surface area contributed by atoms with Gasteiger partial charge in [0, 0.05) is 36.3 Å². The number of benzene rings is 1. The van der Waals surface area contributed by atoms with E-state index < -0.39 is 0 Å². The van der Waals surface area contributed by atoms with Crippen molar-refractivity contribution in [3.63, 3.8) is 0 Å². The van der Waals surface area contributed by atoms with Crippen molar-refractivity contribution in [2.45, 2.75) is 52.5 Å². The van der Waals surface area contributed by atoms with E-state index in [0.717, 1.165) is 59.4 Å². The van der Waals surface area contributed by atoms with Crippen LogP contribution in [-0.4, -0.2) is 49.4 Å². The highest BCUT2D eigenvalue weighted by Gasteiger charge is 2.18. The van der Waals surface area contributed by atoms with E-state index in [-0.39, 0.29) is 17.8 Å². The van der Waals surface area contributed by atoms with E-state index in [1.807, 2.05) is 36.9 Å². The smallest absolute Gasteiger partial charge is 0.255 e. The molecule has 34 heavy (non-hydrogen) atoms. The maximum atomic E-state index is 13.4. The van der Waals surface area contributed by atoms with Crippen molar-refractivity contribution in [1.29, 1.82) is 0 Å². The number of unbranched alkanes of at least 4 members (excludes halogenated alkanes) is 2. The van der Waals surface area contributed by atoms with E-state index in [0.29, 0.717) is 12.1 Å². The van der Waals surface area contributed by atoms with Crippen LogP contribution in [0.15, 0.2) is 42.6 Å². The predicted octanol–water partition coefficient (Wildman–Crippen LogP) is 5.33. The molecule has 0 unspecified atom stereocenters. The van der Waals surface area contributed by atoms with Gasteiger partial charge in [-0.05, 0) is 64.3 Å². The quantitative estimate of drug-likeness (QED) is 0.341. The second-order valence-corrected chi connectivity index (χ2v) is 9.04. The molecule has 1 amide bonds. The van der Waals surface area contributed by atoms with Gasteiger partial charge < -0.3 is 4.90 Å². The molecule has 0 fully saturated rings. The number of nitrogens with zero attached hydrogens (tertiary/aromatic N) is 5. The van der Waals surface area contributed by atoms with E-state index in [4.69, 9.17) is 0 Å². The largest absolute Gasteiger partial charge is 0.342 e. The summed E-state index contributed by atoms with van der Waals surface area (Å²) >= 11 is 0. The summed E-state index contributed by atoms with van der Waals surface area (Å²) in [5.41, 5.74) is 4.70. The van der Waals surface area contributed by atoms with E-state index in [1.165, 1.54) is 12.1 Å². The van der Waals surface area contributed by atoms with Crippen LogP contribution in [0.4, 0.5) is 4.39 Å². The number of nitrogens with one attached hydrogen (secondary N) is 1. The summed E-state index contributed by atoms with van der Waals surface area (Å²) in [5, 5.41) is 12.6. The molecule has 0 radical (unpaired) electrons. The fraction of sp³-hybridized carbons (Fsp3) is 0.385. The number of aromatic amines is 1. The van der Waals surface area contributed by atoms with Crippen molar-refractivity contribution < 1.29 is 9.18 Å². The van der Waals surface area contributed by atoms with Gasteiger partial charge in [-0.15, -0.1) is 0 Å². The maximum Gasteiger partial charge on any atom is 0.255 e. The first-order chi connectivity index (χ1) is 16.3. The Bertz CT molecular complexity index is 1290. The Morgan fingerprint density at radius 2 is 2.00 bits per heavy atom. The van der Waals surface area contributed by atoms with Gasteiger partial charge in [0.05, 0.1) is 23.1 Å². The Kier molecular flexibility index (Phi) is 7.05. The van der Waals surface area contributed by atoms with Gasteiger partial charge in [0.25, 0.3) is 5.91 Å². The minimum absolute atomic E-state index is 0.0162. The van der Waals surface area contributed by atoms with Gasteiger partial charge in [0.1, 0.15) is 5.82 Å². The van der Waals surface area contributed by atoms with Crippen molar-refractivity contribution in [3.05, 3.63) is 65.4 Å². The zero-order valence-corrected chi connectivity index (χ0v) is 20.2. The molecule has 0 aliphatic heterocycles. The molecule has 0 aliphatic rings. The third-order valence-corrected chi connectivity index (χ3v) is 6.02. The molecular weight excluding hydrogens is 431 g/mol. The third-order valence-electron chi connectivity index (χ3n) is 6.02. The lowest BCUT2D eigenvalue weighted by atomic mass is 10.1. The predicted molar refractivity (Wildman–Crippen MR) is 131 cm³/mol. The van der Waals surface area contributed by atoms with E-state index in [9.17, 15) is 9.18 Å². The number of aromatic nitrogens is 5. The summed E-state index contributed by atoms with van der Waals surface area (Å²) in [4.78, 5) is 19.4. The fourth-order valence-corrected chi connectivity index (χ4v) is 4.09. The molecule has 178 valence electrons. The fourth-order valence-electron chi connectivity index (χ4n) is 4.09. The molecule has 0 atom stereocenters. The lowest BCUT2D eigenvalue weighted by Gasteiger charge is -2.18. The van der Waals surface area contributed by atoms with Crippen molar-refractivity contribution in [1.82, 2.24) is 29.9 Å². The van der Waals surface area contributed by atoms with Crippen LogP contribution in [0.25, 0.3) is 22.3 Å². The Hall–Kier alpha value is -3.55. The lowest BCUT2D eigenvalue weighted by Crippen LogP contribution is -2.28. The maximum absolute atomic E-state index is 13.4. The molecule has 8 heteroatoms. The first kappa shape index (κ1) is 23.6. The molecule has 7 nitrogen and oxygen atoms in total. The number of hydrogen-bond acceptors (Lipinski definition) is 4. The van der Waals surface area contributed by atoms with Crippen molar-refractivity contribution in [2.24, 2.45) is 0 Å². The first-order valence-electron chi connectivity index (χ1n) is 11.7. The van der Waals surface area contributed by atoms with Crippen LogP contribution in [0, 0.1) is 12.7 Å². The minimum atomic E-state index is -0.266. The Balaban J connectivity index is 1.27. The molecule has 4 aromatic rings. The first-order valence-corrected chi connectivity index (χ1v) is 11.7. The summed E-state index contributed by atoms with van der Waals surface area (Å²) in [5.74, 6) is -0.283. The number of halogens is 1. The molecule has 0 aliphatic carbocycles. The number of hydrogen-bond donors (Lipinski definition) is 1. The molecule has 3 heterocycles. The number of fused-ring (bicyclic) bond motifs is 1. The number of carbonyl (C=O) groups is 1. The normalized spacial score (nSPS) is 11.5. The van der Waals surface area contributed by atoms with Crippen LogP contribution in [0.2, 0.25) is 0 Å². The van der Waals surface area contributed by atoms with Crippen LogP contribution in [-0.2, 0) is 6.42 Å². The van der Waals surface area contributed by atoms with Gasteiger partial charge in [-0.3, -0.25) is 9.89 Å². The Morgan fingerprint density at radius 1 is 1.18 bits per heavy atom.